The molecule has 0 radical (unpaired) electrons. The number of nitrogens with one attached hydrogen (secondary N) is 1. The molecule has 10 atom stereocenters. The summed E-state index contributed by atoms with van der Waals surface area (Å²) in [6.07, 6.45) is -12.9. The van der Waals surface area contributed by atoms with Crippen LogP contribution in [0.25, 0.3) is 0 Å². The summed E-state index contributed by atoms with van der Waals surface area (Å²) in [7, 11) is 0. The molecule has 7 N–H and O–H groups in total. The molecule has 2 saturated heterocycles. The van der Waals surface area contributed by atoms with Crippen molar-refractivity contribution in [1.29, 1.82) is 0 Å². The van der Waals surface area contributed by atoms with Crippen LogP contribution in [0.5, 0.6) is 0 Å². The Morgan fingerprint density at radius 2 is 1.55 bits per heavy atom. The van der Waals surface area contributed by atoms with E-state index in [-0.39, 0.29) is 6.61 Å². The van der Waals surface area contributed by atoms with Crippen molar-refractivity contribution >= 4 is 5.91 Å². The quantitative estimate of drug-likeness (QED) is 0.203. The molecule has 33 heavy (non-hydrogen) atoms. The lowest BCUT2D eigenvalue weighted by atomic mass is 9.95. The molecule has 0 aromatic heterocycles. The molecule has 2 fully saturated rings. The zero-order chi connectivity index (χ0) is 24.1. The fourth-order valence-electron chi connectivity index (χ4n) is 3.85. The molecule has 2 aliphatic rings. The van der Waals surface area contributed by atoms with Crippen molar-refractivity contribution in [1.82, 2.24) is 5.32 Å². The van der Waals surface area contributed by atoms with E-state index in [0.717, 1.165) is 5.56 Å². The molecule has 0 unspecified atom stereocenters. The van der Waals surface area contributed by atoms with E-state index in [2.05, 4.69) is 5.32 Å². The normalized spacial score (nSPS) is 39.2. The first-order valence-corrected chi connectivity index (χ1v) is 10.6. The average molecular weight is 473 g/mol. The van der Waals surface area contributed by atoms with Crippen molar-refractivity contribution < 1.29 is 54.4 Å². The van der Waals surface area contributed by atoms with Gasteiger partial charge < -0.3 is 54.9 Å². The Labute approximate surface area is 190 Å². The number of aliphatic hydroxyl groups excluding tert-OH is 6. The van der Waals surface area contributed by atoms with E-state index >= 15 is 0 Å². The Kier molecular flexibility index (Phi) is 9.12. The number of carbonyl (C=O) groups excluding carboxylic acids is 1. The molecule has 12 nitrogen and oxygen atoms in total. The highest BCUT2D eigenvalue weighted by molar-refractivity contribution is 5.73. The van der Waals surface area contributed by atoms with Crippen molar-refractivity contribution in [3.63, 3.8) is 0 Å². The molecule has 0 saturated carbocycles. The van der Waals surface area contributed by atoms with Crippen molar-refractivity contribution in [2.45, 2.75) is 74.9 Å². The highest BCUT2D eigenvalue weighted by Gasteiger charge is 2.51. The number of aliphatic hydroxyl groups is 6. The van der Waals surface area contributed by atoms with Crippen molar-refractivity contribution in [2.75, 3.05) is 13.2 Å². The standard InChI is InChI=1S/C21H31NO11/c1-10(25)22-14-16(27)19(33-21-18(29)17(28)15(26)12(7-23)31-21)13(8-24)32-20(14)30-9-11-5-3-2-4-6-11/h2-6,12-21,23-24,26-29H,7-9H2,1H3,(H,22,25)/t12-,13-,14-,15+,16-,17+,18-,19-,20+,21+/m1/s1. The summed E-state index contributed by atoms with van der Waals surface area (Å²) in [5.41, 5.74) is 0.817. The molecule has 2 aliphatic heterocycles. The summed E-state index contributed by atoms with van der Waals surface area (Å²) in [5, 5.41) is 62.9. The summed E-state index contributed by atoms with van der Waals surface area (Å²) in [6.45, 7) is 0.0657. The van der Waals surface area contributed by atoms with Gasteiger partial charge in [-0.2, -0.15) is 0 Å². The van der Waals surface area contributed by atoms with Crippen molar-refractivity contribution in [2.24, 2.45) is 0 Å². The van der Waals surface area contributed by atoms with E-state index in [9.17, 15) is 35.4 Å². The van der Waals surface area contributed by atoms with Gasteiger partial charge in [0.1, 0.15) is 48.8 Å². The first-order chi connectivity index (χ1) is 15.8. The minimum absolute atomic E-state index is 0.102. The Balaban J connectivity index is 1.76. The van der Waals surface area contributed by atoms with Gasteiger partial charge >= 0.3 is 0 Å². The minimum atomic E-state index is -1.72. The van der Waals surface area contributed by atoms with Crippen LogP contribution in [-0.2, 0) is 30.3 Å². The van der Waals surface area contributed by atoms with Gasteiger partial charge in [0, 0.05) is 6.92 Å². The molecule has 2 heterocycles. The maximum atomic E-state index is 11.8. The van der Waals surface area contributed by atoms with Gasteiger partial charge in [0.15, 0.2) is 12.6 Å². The summed E-state index contributed by atoms with van der Waals surface area (Å²) in [6, 6.07) is 8.02. The van der Waals surface area contributed by atoms with Gasteiger partial charge in [0.05, 0.1) is 19.8 Å². The molecule has 1 amide bonds. The third-order valence-electron chi connectivity index (χ3n) is 5.62. The third kappa shape index (κ3) is 6.05. The molecule has 0 bridgehead atoms. The first kappa shape index (κ1) is 25.9. The number of hydrogen-bond acceptors (Lipinski definition) is 11. The van der Waals surface area contributed by atoms with Gasteiger partial charge in [-0.05, 0) is 5.56 Å². The fourth-order valence-corrected chi connectivity index (χ4v) is 3.85. The highest BCUT2D eigenvalue weighted by atomic mass is 16.7. The SMILES string of the molecule is CC(=O)N[C@H]1[C@@H](OCc2ccccc2)O[C@H](CO)[C@@H](O[C@@H]2O[C@H](CO)[C@H](O)[C@H](O)[C@H]2O)[C@@H]1O. The molecule has 0 spiro atoms. The fraction of sp³-hybridized carbons (Fsp3) is 0.667. The lowest BCUT2D eigenvalue weighted by Gasteiger charge is -2.47. The molecule has 0 aliphatic carbocycles. The van der Waals surface area contributed by atoms with Crippen LogP contribution in [0.15, 0.2) is 30.3 Å². The average Bonchev–Trinajstić information content (AvgIpc) is 2.81. The molecule has 186 valence electrons. The van der Waals surface area contributed by atoms with Crippen LogP contribution in [0.4, 0.5) is 0 Å². The molecular formula is C21H31NO11. The second-order valence-electron chi connectivity index (χ2n) is 8.04. The number of carbonyl (C=O) groups is 1. The topological polar surface area (TPSA) is 187 Å². The van der Waals surface area contributed by atoms with Crippen LogP contribution in [0.2, 0.25) is 0 Å². The lowest BCUT2D eigenvalue weighted by Crippen LogP contribution is -2.67. The number of benzene rings is 1. The van der Waals surface area contributed by atoms with Gasteiger partial charge in [-0.1, -0.05) is 30.3 Å². The predicted molar refractivity (Wildman–Crippen MR) is 109 cm³/mol. The number of hydrogen-bond donors (Lipinski definition) is 7. The summed E-state index contributed by atoms with van der Waals surface area (Å²) in [4.78, 5) is 11.8. The largest absolute Gasteiger partial charge is 0.394 e. The van der Waals surface area contributed by atoms with Crippen LogP contribution in [-0.4, -0.2) is 111 Å². The van der Waals surface area contributed by atoms with E-state index in [1.54, 1.807) is 0 Å². The monoisotopic (exact) mass is 473 g/mol. The van der Waals surface area contributed by atoms with E-state index < -0.39 is 80.5 Å². The second-order valence-corrected chi connectivity index (χ2v) is 8.04. The number of amides is 1. The number of ether oxygens (including phenoxy) is 4. The zero-order valence-electron chi connectivity index (χ0n) is 18.0. The Hall–Kier alpha value is -1.71. The van der Waals surface area contributed by atoms with Gasteiger partial charge in [-0.25, -0.2) is 0 Å². The van der Waals surface area contributed by atoms with E-state index in [1.165, 1.54) is 6.92 Å². The Morgan fingerprint density at radius 3 is 2.15 bits per heavy atom. The maximum absolute atomic E-state index is 11.8. The van der Waals surface area contributed by atoms with Crippen LogP contribution >= 0.6 is 0 Å². The number of rotatable bonds is 8. The smallest absolute Gasteiger partial charge is 0.217 e. The predicted octanol–water partition coefficient (Wildman–Crippen LogP) is -3.03. The lowest BCUT2D eigenvalue weighted by molar-refractivity contribution is -0.349. The second kappa shape index (κ2) is 11.6. The van der Waals surface area contributed by atoms with Gasteiger partial charge in [0.2, 0.25) is 5.91 Å². The summed E-state index contributed by atoms with van der Waals surface area (Å²) < 4.78 is 22.5. The Morgan fingerprint density at radius 1 is 0.909 bits per heavy atom. The maximum Gasteiger partial charge on any atom is 0.217 e. The van der Waals surface area contributed by atoms with Crippen LogP contribution < -0.4 is 5.32 Å². The van der Waals surface area contributed by atoms with Crippen LogP contribution in [0.3, 0.4) is 0 Å². The van der Waals surface area contributed by atoms with Crippen molar-refractivity contribution in [3.8, 4) is 0 Å². The summed E-state index contributed by atoms with van der Waals surface area (Å²) in [5.74, 6) is -0.481. The summed E-state index contributed by atoms with van der Waals surface area (Å²) >= 11 is 0. The van der Waals surface area contributed by atoms with Crippen molar-refractivity contribution in [3.05, 3.63) is 35.9 Å². The van der Waals surface area contributed by atoms with E-state index in [4.69, 9.17) is 18.9 Å². The third-order valence-corrected chi connectivity index (χ3v) is 5.62. The first-order valence-electron chi connectivity index (χ1n) is 10.6. The van der Waals surface area contributed by atoms with Gasteiger partial charge in [-0.15, -0.1) is 0 Å². The Bertz CT molecular complexity index is 751. The molecule has 3 rings (SSSR count). The van der Waals surface area contributed by atoms with E-state index in [0.29, 0.717) is 0 Å². The van der Waals surface area contributed by atoms with Gasteiger partial charge in [-0.3, -0.25) is 4.79 Å². The van der Waals surface area contributed by atoms with E-state index in [1.807, 2.05) is 30.3 Å². The van der Waals surface area contributed by atoms with Crippen LogP contribution in [0, 0.1) is 0 Å². The minimum Gasteiger partial charge on any atom is -0.394 e. The molecule has 1 aromatic carbocycles. The molecular weight excluding hydrogens is 442 g/mol. The molecule has 12 heteroatoms. The van der Waals surface area contributed by atoms with Gasteiger partial charge in [0.25, 0.3) is 0 Å². The highest BCUT2D eigenvalue weighted by Crippen LogP contribution is 2.30. The zero-order valence-corrected chi connectivity index (χ0v) is 18.0. The van der Waals surface area contributed by atoms with Crippen LogP contribution in [0.1, 0.15) is 12.5 Å². The molecule has 1 aromatic rings.